The molecule has 7 nitrogen and oxygen atoms in total. The van der Waals surface area contributed by atoms with Gasteiger partial charge in [0.25, 0.3) is 0 Å². The van der Waals surface area contributed by atoms with Gasteiger partial charge in [0.1, 0.15) is 5.82 Å². The maximum Gasteiger partial charge on any atom is 0.243 e. The second kappa shape index (κ2) is 10.2. The number of carbonyl (C=O) groups is 1. The number of aliphatic imine (C=N–C) groups is 1. The largest absolute Gasteiger partial charge is 0.366 e. The lowest BCUT2D eigenvalue weighted by molar-refractivity contribution is -0.117. The number of nitrogens with zero attached hydrogens (tertiary/aromatic N) is 3. The molecule has 1 aliphatic rings. The predicted molar refractivity (Wildman–Crippen MR) is 120 cm³/mol. The van der Waals surface area contributed by atoms with Crippen molar-refractivity contribution in [1.29, 1.82) is 0 Å². The molecule has 3 N–H and O–H groups in total. The second-order valence-corrected chi connectivity index (χ2v) is 8.20. The maximum absolute atomic E-state index is 11.5. The van der Waals surface area contributed by atoms with Crippen LogP contribution in [0.15, 0.2) is 40.7 Å². The van der Waals surface area contributed by atoms with Crippen molar-refractivity contribution in [2.45, 2.75) is 37.8 Å². The topological polar surface area (TPSA) is 91.3 Å². The summed E-state index contributed by atoms with van der Waals surface area (Å²) in [5, 5.41) is 13.7. The summed E-state index contributed by atoms with van der Waals surface area (Å²) >= 11 is 3.20. The number of hydrogen-bond donors (Lipinski definition) is 3. The number of anilines is 2. The zero-order valence-electron chi connectivity index (χ0n) is 15.6. The molecule has 0 bridgehead atoms. The van der Waals surface area contributed by atoms with Gasteiger partial charge in [-0.3, -0.25) is 9.79 Å². The lowest BCUT2D eigenvalue weighted by Gasteiger charge is -2.29. The van der Waals surface area contributed by atoms with Gasteiger partial charge >= 0.3 is 0 Å². The van der Waals surface area contributed by atoms with E-state index >= 15 is 0 Å². The van der Waals surface area contributed by atoms with Crippen LogP contribution in [0.5, 0.6) is 0 Å². The number of carbonyl (C=O) groups excluding carboxylic acids is 1. The first-order chi connectivity index (χ1) is 13.7. The molecule has 0 saturated heterocycles. The minimum absolute atomic E-state index is 0.0974. The molecule has 9 heteroatoms. The van der Waals surface area contributed by atoms with E-state index in [1.54, 1.807) is 29.3 Å². The molecule has 148 valence electrons. The predicted octanol–water partition coefficient (Wildman–Crippen LogP) is 3.99. The van der Waals surface area contributed by atoms with E-state index in [1.165, 1.54) is 6.08 Å². The fourth-order valence-electron chi connectivity index (χ4n) is 3.12. The van der Waals surface area contributed by atoms with Crippen LogP contribution in [0, 0.1) is 0 Å². The van der Waals surface area contributed by atoms with Crippen LogP contribution < -0.4 is 16.0 Å². The number of thioether (sulfide) groups is 1. The zero-order valence-corrected chi connectivity index (χ0v) is 17.2. The van der Waals surface area contributed by atoms with Crippen LogP contribution in [-0.4, -0.2) is 40.6 Å². The maximum atomic E-state index is 11.5. The van der Waals surface area contributed by atoms with Gasteiger partial charge in [-0.2, -0.15) is 4.98 Å². The molecular weight excluding hydrogens is 392 g/mol. The molecule has 1 saturated carbocycles. The molecule has 0 aliphatic heterocycles. The van der Waals surface area contributed by atoms with Gasteiger partial charge in [0.15, 0.2) is 0 Å². The second-order valence-electron chi connectivity index (χ2n) is 6.39. The van der Waals surface area contributed by atoms with Crippen molar-refractivity contribution in [3.8, 4) is 0 Å². The molecule has 0 spiro atoms. The first-order valence-corrected chi connectivity index (χ1v) is 11.0. The summed E-state index contributed by atoms with van der Waals surface area (Å²) < 4.78 is 1.07. The van der Waals surface area contributed by atoms with Gasteiger partial charge in [-0.25, -0.2) is 4.98 Å². The van der Waals surface area contributed by atoms with Gasteiger partial charge in [0, 0.05) is 18.3 Å². The average molecular weight is 417 g/mol. The van der Waals surface area contributed by atoms with Gasteiger partial charge in [-0.05, 0) is 55.3 Å². The van der Waals surface area contributed by atoms with E-state index in [4.69, 9.17) is 0 Å². The molecule has 28 heavy (non-hydrogen) atoms. The Kier molecular flexibility index (Phi) is 7.44. The fraction of sp³-hybridized carbons (Fsp3) is 0.368. The smallest absolute Gasteiger partial charge is 0.243 e. The highest BCUT2D eigenvalue weighted by atomic mass is 32.2. The molecule has 3 rings (SSSR count). The third kappa shape index (κ3) is 5.56. The number of amides is 1. The minimum atomic E-state index is -0.0974. The Morgan fingerprint density at radius 1 is 1.32 bits per heavy atom. The Bertz CT molecular complexity index is 857. The SMILES string of the molecule is C=CC(=O)NC1CCC(Nc2nc(NCS/C=C\N=C)nc3ccsc23)CC1. The van der Waals surface area contributed by atoms with Gasteiger partial charge in [0.05, 0.1) is 16.1 Å². The Labute approximate surface area is 172 Å². The van der Waals surface area contributed by atoms with Gasteiger partial charge in [-0.15, -0.1) is 23.1 Å². The summed E-state index contributed by atoms with van der Waals surface area (Å²) in [6, 6.07) is 2.57. The summed E-state index contributed by atoms with van der Waals surface area (Å²) in [6.45, 7) is 6.92. The van der Waals surface area contributed by atoms with Crippen molar-refractivity contribution in [3.63, 3.8) is 0 Å². The highest BCUT2D eigenvalue weighted by Gasteiger charge is 2.23. The Morgan fingerprint density at radius 2 is 2.11 bits per heavy atom. The fourth-order valence-corrected chi connectivity index (χ4v) is 4.38. The molecule has 2 heterocycles. The number of hydrogen-bond acceptors (Lipinski definition) is 8. The van der Waals surface area contributed by atoms with Crippen molar-refractivity contribution in [1.82, 2.24) is 15.3 Å². The van der Waals surface area contributed by atoms with Gasteiger partial charge < -0.3 is 16.0 Å². The van der Waals surface area contributed by atoms with E-state index in [0.29, 0.717) is 17.9 Å². The number of fused-ring (bicyclic) bond motifs is 1. The molecule has 0 radical (unpaired) electrons. The van der Waals surface area contributed by atoms with Crippen molar-refractivity contribution in [2.75, 3.05) is 16.5 Å². The molecule has 0 atom stereocenters. The molecule has 1 fully saturated rings. The first-order valence-electron chi connectivity index (χ1n) is 9.10. The van der Waals surface area contributed by atoms with Crippen LogP contribution in [0.4, 0.5) is 11.8 Å². The van der Waals surface area contributed by atoms with Crippen molar-refractivity contribution in [3.05, 3.63) is 35.7 Å². The van der Waals surface area contributed by atoms with E-state index in [9.17, 15) is 4.79 Å². The highest BCUT2D eigenvalue weighted by Crippen LogP contribution is 2.30. The number of nitrogens with one attached hydrogen (secondary N) is 3. The summed E-state index contributed by atoms with van der Waals surface area (Å²) in [7, 11) is 0. The number of thiophene rings is 1. The molecule has 1 amide bonds. The molecule has 2 aromatic rings. The quantitative estimate of drug-likeness (QED) is 0.248. The van der Waals surface area contributed by atoms with Crippen molar-refractivity contribution < 1.29 is 4.79 Å². The van der Waals surface area contributed by atoms with Crippen LogP contribution >= 0.6 is 23.1 Å². The van der Waals surface area contributed by atoms with Crippen LogP contribution in [0.1, 0.15) is 25.7 Å². The standard InChI is InChI=1S/C19H24N6OS2/c1-3-16(26)22-13-4-6-14(7-5-13)23-18-17-15(8-10-28-17)24-19(25-18)21-12-27-11-9-20-2/h3,8-11,13-14H,1-2,4-7,12H2,(H,22,26)(H2,21,23,24,25)/b11-9-. The zero-order chi connectivity index (χ0) is 19.8. The normalized spacial score (nSPS) is 19.4. The van der Waals surface area contributed by atoms with E-state index in [1.807, 2.05) is 16.9 Å². The van der Waals surface area contributed by atoms with Crippen LogP contribution in [-0.2, 0) is 4.79 Å². The lowest BCUT2D eigenvalue weighted by atomic mass is 9.91. The summed E-state index contributed by atoms with van der Waals surface area (Å²) in [6.07, 6.45) is 6.84. The highest BCUT2D eigenvalue weighted by molar-refractivity contribution is 8.02. The number of rotatable bonds is 9. The van der Waals surface area contributed by atoms with E-state index < -0.39 is 0 Å². The average Bonchev–Trinajstić information content (AvgIpc) is 3.18. The van der Waals surface area contributed by atoms with Gasteiger partial charge in [-0.1, -0.05) is 6.58 Å². The summed E-state index contributed by atoms with van der Waals surface area (Å²) in [5.74, 6) is 2.02. The summed E-state index contributed by atoms with van der Waals surface area (Å²) in [5.41, 5.74) is 0.935. The van der Waals surface area contributed by atoms with E-state index in [2.05, 4.69) is 44.2 Å². The van der Waals surface area contributed by atoms with Crippen LogP contribution in [0.2, 0.25) is 0 Å². The first kappa shape index (κ1) is 20.3. The molecule has 0 aromatic carbocycles. The van der Waals surface area contributed by atoms with Crippen molar-refractivity contribution >= 4 is 57.7 Å². The Morgan fingerprint density at radius 3 is 2.86 bits per heavy atom. The monoisotopic (exact) mass is 416 g/mol. The van der Waals surface area contributed by atoms with Gasteiger partial charge in [0.2, 0.25) is 11.9 Å². The third-order valence-corrected chi connectivity index (χ3v) is 6.02. The molecular formula is C19H24N6OS2. The minimum Gasteiger partial charge on any atom is -0.366 e. The third-order valence-electron chi connectivity index (χ3n) is 4.48. The summed E-state index contributed by atoms with van der Waals surface area (Å²) in [4.78, 5) is 24.4. The Hall–Kier alpha value is -2.39. The number of aromatic nitrogens is 2. The van der Waals surface area contributed by atoms with Crippen LogP contribution in [0.3, 0.4) is 0 Å². The van der Waals surface area contributed by atoms with Crippen LogP contribution in [0.25, 0.3) is 10.2 Å². The van der Waals surface area contributed by atoms with E-state index in [0.717, 1.165) is 41.7 Å². The van der Waals surface area contributed by atoms with E-state index in [-0.39, 0.29) is 11.9 Å². The molecule has 0 unspecified atom stereocenters. The lowest BCUT2D eigenvalue weighted by Crippen LogP contribution is -2.39. The molecule has 1 aliphatic carbocycles. The van der Waals surface area contributed by atoms with Crippen molar-refractivity contribution in [2.24, 2.45) is 4.99 Å². The molecule has 2 aromatic heterocycles. The Balaban J connectivity index is 1.61.